The largest absolute Gasteiger partial charge is 0.481 e. The van der Waals surface area contributed by atoms with E-state index in [1.807, 2.05) is 45.0 Å². The zero-order valence-electron chi connectivity index (χ0n) is 13.1. The molecule has 1 aromatic rings. The van der Waals surface area contributed by atoms with Gasteiger partial charge in [-0.3, -0.25) is 4.79 Å². The van der Waals surface area contributed by atoms with Gasteiger partial charge in [-0.2, -0.15) is 0 Å². The minimum Gasteiger partial charge on any atom is -0.481 e. The normalized spacial score (nSPS) is 10.5. The molecule has 0 unspecified atom stereocenters. The van der Waals surface area contributed by atoms with Crippen LogP contribution >= 0.6 is 11.8 Å². The molecule has 0 aliphatic rings. The van der Waals surface area contributed by atoms with Crippen LogP contribution < -0.4 is 4.74 Å². The second-order valence-corrected chi connectivity index (χ2v) is 6.57. The maximum atomic E-state index is 11.6. The topological polar surface area (TPSA) is 35.5 Å². The molecule has 0 fully saturated rings. The van der Waals surface area contributed by atoms with Gasteiger partial charge in [-0.15, -0.1) is 5.92 Å². The van der Waals surface area contributed by atoms with Crippen molar-refractivity contribution in [2.75, 3.05) is 6.61 Å². The van der Waals surface area contributed by atoms with Crippen molar-refractivity contribution in [2.24, 2.45) is 0 Å². The zero-order valence-corrected chi connectivity index (χ0v) is 13.9. The number of carbonyl (C=O) groups is 1. The maximum Gasteiger partial charge on any atom is 0.307 e. The molecule has 1 aromatic carbocycles. The van der Waals surface area contributed by atoms with Crippen molar-refractivity contribution in [1.82, 2.24) is 0 Å². The quantitative estimate of drug-likeness (QED) is 0.326. The minimum atomic E-state index is -0.581. The second-order valence-electron chi connectivity index (χ2n) is 4.91. The van der Waals surface area contributed by atoms with Crippen molar-refractivity contribution in [1.29, 1.82) is 0 Å². The molecule has 0 radical (unpaired) electrons. The molecule has 0 atom stereocenters. The first kappa shape index (κ1) is 17.5. The number of esters is 1. The van der Waals surface area contributed by atoms with E-state index < -0.39 is 4.93 Å². The Balaban J connectivity index is 2.56. The average Bonchev–Trinajstić information content (AvgIpc) is 2.40. The maximum absolute atomic E-state index is 11.6. The Labute approximate surface area is 131 Å². The fraction of sp³-hybridized carbons (Fsp3) is 0.471. The van der Waals surface area contributed by atoms with Gasteiger partial charge < -0.3 is 9.47 Å². The summed E-state index contributed by atoms with van der Waals surface area (Å²) in [5, 5.41) is 0. The predicted molar refractivity (Wildman–Crippen MR) is 86.3 cm³/mol. The number of thioether (sulfide) groups is 1. The summed E-state index contributed by atoms with van der Waals surface area (Å²) in [5.41, 5.74) is 0. The van der Waals surface area contributed by atoms with Gasteiger partial charge >= 0.3 is 5.97 Å². The Morgan fingerprint density at radius 1 is 1.29 bits per heavy atom. The molecule has 21 heavy (non-hydrogen) atoms. The van der Waals surface area contributed by atoms with E-state index >= 15 is 0 Å². The molecule has 0 aliphatic carbocycles. The molecule has 4 heteroatoms. The van der Waals surface area contributed by atoms with Crippen molar-refractivity contribution in [3.05, 3.63) is 24.3 Å². The average molecular weight is 306 g/mol. The fourth-order valence-electron chi connectivity index (χ4n) is 1.63. The van der Waals surface area contributed by atoms with E-state index in [2.05, 4.69) is 11.8 Å². The summed E-state index contributed by atoms with van der Waals surface area (Å²) in [4.78, 5) is 12.0. The Hall–Kier alpha value is -1.60. The van der Waals surface area contributed by atoms with Crippen LogP contribution in [0.2, 0.25) is 0 Å². The highest BCUT2D eigenvalue weighted by molar-refractivity contribution is 8.00. The van der Waals surface area contributed by atoms with Crippen molar-refractivity contribution >= 4 is 17.7 Å². The van der Waals surface area contributed by atoms with Crippen molar-refractivity contribution in [3.63, 3.8) is 0 Å². The summed E-state index contributed by atoms with van der Waals surface area (Å²) in [6.45, 7) is 7.93. The van der Waals surface area contributed by atoms with Crippen LogP contribution in [0.3, 0.4) is 0 Å². The lowest BCUT2D eigenvalue weighted by Gasteiger charge is -2.24. The highest BCUT2D eigenvalue weighted by Gasteiger charge is 2.23. The van der Waals surface area contributed by atoms with Crippen LogP contribution in [0.4, 0.5) is 0 Å². The van der Waals surface area contributed by atoms with Crippen LogP contribution in [0.1, 0.15) is 40.5 Å². The summed E-state index contributed by atoms with van der Waals surface area (Å²) in [7, 11) is 0. The smallest absolute Gasteiger partial charge is 0.307 e. The minimum absolute atomic E-state index is 0.159. The molecular weight excluding hydrogens is 284 g/mol. The Morgan fingerprint density at radius 2 is 1.95 bits per heavy atom. The number of hydrogen-bond acceptors (Lipinski definition) is 4. The van der Waals surface area contributed by atoms with E-state index in [-0.39, 0.29) is 5.97 Å². The highest BCUT2D eigenvalue weighted by Crippen LogP contribution is 2.34. The molecule has 0 heterocycles. The summed E-state index contributed by atoms with van der Waals surface area (Å²) >= 11 is 1.51. The van der Waals surface area contributed by atoms with Crippen LogP contribution in [0.15, 0.2) is 29.2 Å². The van der Waals surface area contributed by atoms with Gasteiger partial charge in [0.05, 0.1) is 0 Å². The Morgan fingerprint density at radius 3 is 2.52 bits per heavy atom. The van der Waals surface area contributed by atoms with E-state index in [1.165, 1.54) is 11.8 Å². The molecular formula is C17H22O3S. The molecule has 1 rings (SSSR count). The summed E-state index contributed by atoms with van der Waals surface area (Å²) in [6.07, 6.45) is 1.25. The zero-order chi connectivity index (χ0) is 15.7. The van der Waals surface area contributed by atoms with Crippen LogP contribution in [-0.2, 0) is 9.53 Å². The molecule has 0 N–H and O–H groups in total. The van der Waals surface area contributed by atoms with Crippen molar-refractivity contribution in [3.8, 4) is 17.6 Å². The van der Waals surface area contributed by atoms with Crippen LogP contribution in [-0.4, -0.2) is 17.5 Å². The Bertz CT molecular complexity index is 509. The molecule has 0 amide bonds. The number of hydrogen-bond donors (Lipinski definition) is 0. The number of carbonyl (C=O) groups excluding carboxylic acids is 1. The molecule has 0 aliphatic heterocycles. The molecule has 0 aromatic heterocycles. The van der Waals surface area contributed by atoms with Crippen molar-refractivity contribution < 1.29 is 14.3 Å². The van der Waals surface area contributed by atoms with E-state index in [0.29, 0.717) is 13.0 Å². The fourth-order valence-corrected chi connectivity index (χ4v) is 2.60. The first-order valence-corrected chi connectivity index (χ1v) is 7.82. The second kappa shape index (κ2) is 8.63. The van der Waals surface area contributed by atoms with Gasteiger partial charge in [0.1, 0.15) is 12.4 Å². The van der Waals surface area contributed by atoms with Gasteiger partial charge in [0, 0.05) is 11.3 Å². The third-order valence-corrected chi connectivity index (χ3v) is 3.57. The monoisotopic (exact) mass is 306 g/mol. The number of rotatable bonds is 7. The lowest BCUT2D eigenvalue weighted by molar-refractivity contribution is -0.149. The first-order valence-electron chi connectivity index (χ1n) is 7.00. The van der Waals surface area contributed by atoms with Crippen LogP contribution in [0.5, 0.6) is 5.75 Å². The van der Waals surface area contributed by atoms with E-state index in [9.17, 15) is 4.79 Å². The van der Waals surface area contributed by atoms with Gasteiger partial charge in [-0.05, 0) is 51.5 Å². The lowest BCUT2D eigenvalue weighted by atomic mass is 10.3. The molecule has 0 bridgehead atoms. The summed E-state index contributed by atoms with van der Waals surface area (Å²) in [6, 6.07) is 7.69. The lowest BCUT2D eigenvalue weighted by Crippen LogP contribution is -2.23. The Kier molecular flexibility index (Phi) is 7.18. The van der Waals surface area contributed by atoms with E-state index in [4.69, 9.17) is 9.47 Å². The molecule has 0 spiro atoms. The van der Waals surface area contributed by atoms with Gasteiger partial charge in [0.25, 0.3) is 0 Å². The standard InChI is InChI=1S/C17H22O3S/c1-5-7-13-19-14-9-11-15(12-10-14)21-17(3,4)20-16(18)8-6-2/h9-12H,6,8,13H2,1-4H3. The van der Waals surface area contributed by atoms with Gasteiger partial charge in [0.2, 0.25) is 0 Å². The van der Waals surface area contributed by atoms with Crippen LogP contribution in [0.25, 0.3) is 0 Å². The third kappa shape index (κ3) is 7.10. The summed E-state index contributed by atoms with van der Waals surface area (Å²) < 4.78 is 10.9. The van der Waals surface area contributed by atoms with Gasteiger partial charge in [-0.1, -0.05) is 24.6 Å². The van der Waals surface area contributed by atoms with Crippen molar-refractivity contribution in [2.45, 2.75) is 50.4 Å². The SMILES string of the molecule is CC#CCOc1ccc(SC(C)(C)OC(=O)CCC)cc1. The van der Waals surface area contributed by atoms with E-state index in [1.54, 1.807) is 6.92 Å². The van der Waals surface area contributed by atoms with Crippen LogP contribution in [0, 0.1) is 11.8 Å². The van der Waals surface area contributed by atoms with Gasteiger partial charge in [-0.25, -0.2) is 0 Å². The highest BCUT2D eigenvalue weighted by atomic mass is 32.2. The molecule has 0 saturated carbocycles. The summed E-state index contributed by atoms with van der Waals surface area (Å²) in [5.74, 6) is 6.25. The number of benzene rings is 1. The molecule has 3 nitrogen and oxygen atoms in total. The first-order chi connectivity index (χ1) is 9.96. The third-order valence-electron chi connectivity index (χ3n) is 2.49. The molecule has 114 valence electrons. The van der Waals surface area contributed by atoms with Gasteiger partial charge in [0.15, 0.2) is 4.93 Å². The number of ether oxygens (including phenoxy) is 2. The predicted octanol–water partition coefficient (Wildman–Crippen LogP) is 4.26. The molecule has 0 saturated heterocycles. The van der Waals surface area contributed by atoms with E-state index in [0.717, 1.165) is 17.1 Å².